The number of halogens is 1. The molecular formula is C23H25FN4O. The van der Waals surface area contributed by atoms with E-state index in [0.29, 0.717) is 25.7 Å². The van der Waals surface area contributed by atoms with E-state index in [-0.39, 0.29) is 5.82 Å². The van der Waals surface area contributed by atoms with Gasteiger partial charge in [0.05, 0.1) is 12.2 Å². The molecule has 0 fully saturated rings. The molecule has 0 amide bonds. The number of nitrogens with one attached hydrogen (secondary N) is 2. The zero-order chi connectivity index (χ0) is 20.3. The van der Waals surface area contributed by atoms with Crippen molar-refractivity contribution in [3.63, 3.8) is 0 Å². The zero-order valence-electron chi connectivity index (χ0n) is 16.4. The Morgan fingerprint density at radius 1 is 0.966 bits per heavy atom. The standard InChI is InChI=1S/C23H25FN4O/c1-2-25-23(27-15-18-6-10-20(24)11-7-18)28-16-19-8-12-22(13-9-19)29-17-21-5-3-4-14-26-21/h3-14H,2,15-17H2,1H3,(H2,25,27,28). The second-order valence-corrected chi connectivity index (χ2v) is 6.43. The predicted molar refractivity (Wildman–Crippen MR) is 113 cm³/mol. The summed E-state index contributed by atoms with van der Waals surface area (Å²) in [6, 6.07) is 20.1. The Hall–Kier alpha value is -3.41. The van der Waals surface area contributed by atoms with Gasteiger partial charge in [0, 0.05) is 19.3 Å². The molecule has 0 bridgehead atoms. The molecule has 150 valence electrons. The topological polar surface area (TPSA) is 58.5 Å². The Kier molecular flexibility index (Phi) is 7.57. The van der Waals surface area contributed by atoms with Crippen LogP contribution in [0.1, 0.15) is 23.7 Å². The first-order valence-electron chi connectivity index (χ1n) is 9.61. The highest BCUT2D eigenvalue weighted by atomic mass is 19.1. The van der Waals surface area contributed by atoms with Crippen LogP contribution in [0.2, 0.25) is 0 Å². The Morgan fingerprint density at radius 2 is 1.72 bits per heavy atom. The van der Waals surface area contributed by atoms with E-state index in [1.54, 1.807) is 18.3 Å². The van der Waals surface area contributed by atoms with E-state index in [9.17, 15) is 4.39 Å². The molecule has 29 heavy (non-hydrogen) atoms. The minimum atomic E-state index is -0.234. The molecule has 1 aromatic heterocycles. The summed E-state index contributed by atoms with van der Waals surface area (Å²) in [4.78, 5) is 8.86. The quantitative estimate of drug-likeness (QED) is 0.448. The molecule has 0 radical (unpaired) electrons. The van der Waals surface area contributed by atoms with Crippen LogP contribution in [-0.4, -0.2) is 17.5 Å². The average Bonchev–Trinajstić information content (AvgIpc) is 2.77. The smallest absolute Gasteiger partial charge is 0.191 e. The van der Waals surface area contributed by atoms with Gasteiger partial charge in [-0.15, -0.1) is 0 Å². The van der Waals surface area contributed by atoms with Gasteiger partial charge >= 0.3 is 0 Å². The van der Waals surface area contributed by atoms with Gasteiger partial charge in [-0.2, -0.15) is 0 Å². The number of ether oxygens (including phenoxy) is 1. The first-order valence-corrected chi connectivity index (χ1v) is 9.61. The number of rotatable bonds is 8. The molecule has 6 heteroatoms. The Balaban J connectivity index is 1.52. The van der Waals surface area contributed by atoms with Gasteiger partial charge in [-0.05, 0) is 54.4 Å². The lowest BCUT2D eigenvalue weighted by Crippen LogP contribution is -2.36. The predicted octanol–water partition coefficient (Wildman–Crippen LogP) is 4.06. The minimum Gasteiger partial charge on any atom is -0.487 e. The summed E-state index contributed by atoms with van der Waals surface area (Å²) in [6.45, 7) is 4.33. The lowest BCUT2D eigenvalue weighted by molar-refractivity contribution is 0.301. The number of pyridine rings is 1. The van der Waals surface area contributed by atoms with Crippen LogP contribution in [0.15, 0.2) is 77.9 Å². The summed E-state index contributed by atoms with van der Waals surface area (Å²) in [5, 5.41) is 6.48. The van der Waals surface area contributed by atoms with Crippen molar-refractivity contribution in [3.8, 4) is 5.75 Å². The van der Waals surface area contributed by atoms with Crippen LogP contribution < -0.4 is 15.4 Å². The first-order chi connectivity index (χ1) is 14.2. The summed E-state index contributed by atoms with van der Waals surface area (Å²) in [7, 11) is 0. The monoisotopic (exact) mass is 392 g/mol. The Labute approximate surface area is 170 Å². The van der Waals surface area contributed by atoms with Crippen molar-refractivity contribution < 1.29 is 9.13 Å². The van der Waals surface area contributed by atoms with Crippen molar-refractivity contribution in [1.29, 1.82) is 0 Å². The summed E-state index contributed by atoms with van der Waals surface area (Å²) in [5.74, 6) is 1.28. The van der Waals surface area contributed by atoms with E-state index >= 15 is 0 Å². The highest BCUT2D eigenvalue weighted by molar-refractivity contribution is 5.79. The molecule has 2 N–H and O–H groups in total. The summed E-state index contributed by atoms with van der Waals surface area (Å²) in [6.07, 6.45) is 1.76. The molecule has 0 atom stereocenters. The summed E-state index contributed by atoms with van der Waals surface area (Å²) < 4.78 is 18.8. The maximum absolute atomic E-state index is 13.0. The van der Waals surface area contributed by atoms with Crippen molar-refractivity contribution in [2.45, 2.75) is 26.6 Å². The van der Waals surface area contributed by atoms with Crippen LogP contribution in [0.5, 0.6) is 5.75 Å². The normalized spacial score (nSPS) is 11.2. The van der Waals surface area contributed by atoms with Crippen molar-refractivity contribution >= 4 is 5.96 Å². The fraction of sp³-hybridized carbons (Fsp3) is 0.217. The largest absolute Gasteiger partial charge is 0.487 e. The number of benzene rings is 2. The van der Waals surface area contributed by atoms with Gasteiger partial charge in [0.15, 0.2) is 5.96 Å². The molecule has 2 aromatic carbocycles. The van der Waals surface area contributed by atoms with Gasteiger partial charge in [0.2, 0.25) is 0 Å². The van der Waals surface area contributed by atoms with Gasteiger partial charge in [-0.3, -0.25) is 4.98 Å². The molecule has 0 unspecified atom stereocenters. The molecule has 3 aromatic rings. The lowest BCUT2D eigenvalue weighted by Gasteiger charge is -2.11. The van der Waals surface area contributed by atoms with Crippen molar-refractivity contribution in [2.75, 3.05) is 6.54 Å². The second kappa shape index (κ2) is 10.8. The van der Waals surface area contributed by atoms with Crippen molar-refractivity contribution in [2.24, 2.45) is 4.99 Å². The fourth-order valence-corrected chi connectivity index (χ4v) is 2.63. The van der Waals surface area contributed by atoms with E-state index in [1.807, 2.05) is 49.4 Å². The van der Waals surface area contributed by atoms with E-state index in [0.717, 1.165) is 29.1 Å². The number of nitrogens with zero attached hydrogens (tertiary/aromatic N) is 2. The van der Waals surface area contributed by atoms with Crippen LogP contribution in [0.3, 0.4) is 0 Å². The number of hydrogen-bond donors (Lipinski definition) is 2. The van der Waals surface area contributed by atoms with Gasteiger partial charge in [0.25, 0.3) is 0 Å². The highest BCUT2D eigenvalue weighted by Gasteiger charge is 2.01. The molecule has 1 heterocycles. The van der Waals surface area contributed by atoms with Crippen LogP contribution in [0, 0.1) is 5.82 Å². The second-order valence-electron chi connectivity index (χ2n) is 6.43. The molecule has 0 aliphatic heterocycles. The molecule has 0 saturated carbocycles. The molecule has 0 aliphatic rings. The molecule has 0 aliphatic carbocycles. The van der Waals surface area contributed by atoms with E-state index in [2.05, 4.69) is 20.6 Å². The van der Waals surface area contributed by atoms with Crippen LogP contribution in [0.25, 0.3) is 0 Å². The third-order valence-corrected chi connectivity index (χ3v) is 4.17. The van der Waals surface area contributed by atoms with Crippen LogP contribution in [-0.2, 0) is 19.7 Å². The maximum Gasteiger partial charge on any atom is 0.191 e. The SMILES string of the molecule is CCNC(=NCc1ccc(OCc2ccccn2)cc1)NCc1ccc(F)cc1. The fourth-order valence-electron chi connectivity index (χ4n) is 2.63. The lowest BCUT2D eigenvalue weighted by atomic mass is 10.2. The average molecular weight is 392 g/mol. The zero-order valence-corrected chi connectivity index (χ0v) is 16.4. The third kappa shape index (κ3) is 6.92. The summed E-state index contributed by atoms with van der Waals surface area (Å²) >= 11 is 0. The van der Waals surface area contributed by atoms with Crippen LogP contribution >= 0.6 is 0 Å². The number of guanidine groups is 1. The molecule has 0 saturated heterocycles. The Bertz CT molecular complexity index is 896. The first kappa shape index (κ1) is 20.3. The van der Waals surface area contributed by atoms with Gasteiger partial charge in [0.1, 0.15) is 18.2 Å². The number of aliphatic imine (C=N–C) groups is 1. The summed E-state index contributed by atoms with van der Waals surface area (Å²) in [5.41, 5.74) is 2.96. The van der Waals surface area contributed by atoms with E-state index in [4.69, 9.17) is 4.74 Å². The maximum atomic E-state index is 13.0. The van der Waals surface area contributed by atoms with Gasteiger partial charge in [-0.25, -0.2) is 9.38 Å². The van der Waals surface area contributed by atoms with Gasteiger partial charge < -0.3 is 15.4 Å². The number of aromatic nitrogens is 1. The molecule has 3 rings (SSSR count). The molecular weight excluding hydrogens is 367 g/mol. The van der Waals surface area contributed by atoms with Crippen LogP contribution in [0.4, 0.5) is 4.39 Å². The molecule has 0 spiro atoms. The van der Waals surface area contributed by atoms with E-state index < -0.39 is 0 Å². The highest BCUT2D eigenvalue weighted by Crippen LogP contribution is 2.14. The third-order valence-electron chi connectivity index (χ3n) is 4.17. The van der Waals surface area contributed by atoms with Gasteiger partial charge in [-0.1, -0.05) is 30.3 Å². The minimum absolute atomic E-state index is 0.234. The van der Waals surface area contributed by atoms with Crippen molar-refractivity contribution in [3.05, 3.63) is 95.6 Å². The van der Waals surface area contributed by atoms with Crippen molar-refractivity contribution in [1.82, 2.24) is 15.6 Å². The number of hydrogen-bond acceptors (Lipinski definition) is 3. The van der Waals surface area contributed by atoms with E-state index in [1.165, 1.54) is 12.1 Å². The molecule has 5 nitrogen and oxygen atoms in total. The Morgan fingerprint density at radius 3 is 2.41 bits per heavy atom.